The van der Waals surface area contributed by atoms with E-state index in [1.807, 2.05) is 0 Å². The van der Waals surface area contributed by atoms with Crippen LogP contribution in [0.4, 0.5) is 17.6 Å². The van der Waals surface area contributed by atoms with Gasteiger partial charge in [0.05, 0.1) is 5.33 Å². The second kappa shape index (κ2) is 4.83. The van der Waals surface area contributed by atoms with Gasteiger partial charge in [0.15, 0.2) is 5.78 Å². The van der Waals surface area contributed by atoms with E-state index in [2.05, 4.69) is 31.9 Å². The molecule has 0 radical (unpaired) electrons. The highest BCUT2D eigenvalue weighted by Gasteiger charge is 2.39. The van der Waals surface area contributed by atoms with Crippen LogP contribution >= 0.6 is 31.9 Å². The van der Waals surface area contributed by atoms with Crippen LogP contribution in [0, 0.1) is 5.82 Å². The number of benzene rings is 1. The fraction of sp³-hybridized carbons (Fsp3) is 0.222. The average Bonchev–Trinajstić information content (AvgIpc) is 2.18. The van der Waals surface area contributed by atoms with Gasteiger partial charge in [-0.3, -0.25) is 4.79 Å². The molecule has 0 bridgehead atoms. The number of hydrogen-bond acceptors (Lipinski definition) is 1. The number of carbonyl (C=O) groups excluding carboxylic acids is 1. The van der Waals surface area contributed by atoms with Crippen LogP contribution in [-0.2, 0) is 6.18 Å². The fourth-order valence-electron chi connectivity index (χ4n) is 1.17. The Morgan fingerprint density at radius 1 is 1.31 bits per heavy atom. The number of alkyl halides is 4. The number of Topliss-reactive ketones (excluding diaryl/α,β-unsaturated/α-hetero) is 1. The van der Waals surface area contributed by atoms with Crippen LogP contribution in [0.15, 0.2) is 16.6 Å². The zero-order valence-electron chi connectivity index (χ0n) is 7.54. The number of halogens is 6. The van der Waals surface area contributed by atoms with Crippen molar-refractivity contribution in [3.8, 4) is 0 Å². The van der Waals surface area contributed by atoms with Crippen molar-refractivity contribution in [2.45, 2.75) is 6.18 Å². The molecule has 0 aliphatic heterocycles. The van der Waals surface area contributed by atoms with Gasteiger partial charge < -0.3 is 0 Å². The van der Waals surface area contributed by atoms with Gasteiger partial charge in [-0.25, -0.2) is 4.39 Å². The molecule has 0 saturated carbocycles. The Balaban J connectivity index is 3.56. The van der Waals surface area contributed by atoms with E-state index in [0.29, 0.717) is 6.07 Å². The number of rotatable bonds is 2. The van der Waals surface area contributed by atoms with E-state index < -0.39 is 28.9 Å². The summed E-state index contributed by atoms with van der Waals surface area (Å²) in [6.45, 7) is 0. The van der Waals surface area contributed by atoms with Gasteiger partial charge in [0.2, 0.25) is 0 Å². The van der Waals surface area contributed by atoms with Crippen LogP contribution in [0.25, 0.3) is 0 Å². The van der Waals surface area contributed by atoms with Crippen LogP contribution in [-0.4, -0.2) is 11.1 Å². The van der Waals surface area contributed by atoms with Gasteiger partial charge in [-0.1, -0.05) is 31.9 Å². The van der Waals surface area contributed by atoms with Crippen molar-refractivity contribution in [1.29, 1.82) is 0 Å². The Morgan fingerprint density at radius 2 is 1.88 bits per heavy atom. The first kappa shape index (κ1) is 13.6. The smallest absolute Gasteiger partial charge is 0.293 e. The van der Waals surface area contributed by atoms with Gasteiger partial charge in [-0.15, -0.1) is 0 Å². The molecule has 0 N–H and O–H groups in total. The van der Waals surface area contributed by atoms with Crippen molar-refractivity contribution < 1.29 is 22.4 Å². The normalized spacial score (nSPS) is 11.6. The molecule has 0 fully saturated rings. The summed E-state index contributed by atoms with van der Waals surface area (Å²) in [6, 6.07) is 1.73. The quantitative estimate of drug-likeness (QED) is 0.437. The third-order valence-corrected chi connectivity index (χ3v) is 2.96. The summed E-state index contributed by atoms with van der Waals surface area (Å²) in [5.74, 6) is -2.29. The molecular weight excluding hydrogens is 360 g/mol. The van der Waals surface area contributed by atoms with Crippen LogP contribution in [0.3, 0.4) is 0 Å². The van der Waals surface area contributed by atoms with Crippen molar-refractivity contribution in [2.24, 2.45) is 0 Å². The van der Waals surface area contributed by atoms with Gasteiger partial charge in [-0.2, -0.15) is 13.2 Å². The molecule has 1 nitrogen and oxygen atoms in total. The molecule has 0 unspecified atom stereocenters. The topological polar surface area (TPSA) is 17.1 Å². The minimum atomic E-state index is -4.90. The van der Waals surface area contributed by atoms with E-state index >= 15 is 0 Å². The van der Waals surface area contributed by atoms with Gasteiger partial charge in [0, 0.05) is 10.0 Å². The van der Waals surface area contributed by atoms with Crippen LogP contribution in [0.1, 0.15) is 15.9 Å². The summed E-state index contributed by atoms with van der Waals surface area (Å²) in [5, 5.41) is -0.307. The van der Waals surface area contributed by atoms with Crippen molar-refractivity contribution in [2.75, 3.05) is 5.33 Å². The summed E-state index contributed by atoms with van der Waals surface area (Å²) >= 11 is 5.56. The molecular formula is C9H4Br2F4O. The SMILES string of the molecule is O=C(CBr)c1c(Br)ccc(F)c1C(F)(F)F. The van der Waals surface area contributed by atoms with E-state index in [9.17, 15) is 22.4 Å². The molecule has 0 aromatic heterocycles. The summed E-state index contributed by atoms with van der Waals surface area (Å²) < 4.78 is 50.7. The van der Waals surface area contributed by atoms with E-state index in [1.165, 1.54) is 0 Å². The second-order valence-corrected chi connectivity index (χ2v) is 4.25. The first-order valence-electron chi connectivity index (χ1n) is 3.93. The highest BCUT2D eigenvalue weighted by molar-refractivity contribution is 9.10. The Bertz CT molecular complexity index is 428. The molecule has 1 aromatic rings. The molecule has 0 aliphatic rings. The minimum absolute atomic E-state index is 0.0781. The maximum Gasteiger partial charge on any atom is 0.419 e. The zero-order valence-corrected chi connectivity index (χ0v) is 10.7. The number of hydrogen-bond donors (Lipinski definition) is 0. The van der Waals surface area contributed by atoms with Crippen LogP contribution in [0.5, 0.6) is 0 Å². The third-order valence-electron chi connectivity index (χ3n) is 1.79. The predicted molar refractivity (Wildman–Crippen MR) is 57.2 cm³/mol. The molecule has 1 rings (SSSR count). The standard InChI is InChI=1S/C9H4Br2F4O/c10-3-6(16)7-4(11)1-2-5(12)8(7)9(13,14)15/h1-2H,3H2. The molecule has 0 atom stereocenters. The molecule has 1 aromatic carbocycles. The summed E-state index contributed by atoms with van der Waals surface area (Å²) in [6.07, 6.45) is -4.90. The van der Waals surface area contributed by atoms with Gasteiger partial charge in [0.25, 0.3) is 0 Å². The molecule has 16 heavy (non-hydrogen) atoms. The van der Waals surface area contributed by atoms with Crippen molar-refractivity contribution in [3.05, 3.63) is 33.5 Å². The maximum absolute atomic E-state index is 13.1. The van der Waals surface area contributed by atoms with Gasteiger partial charge in [0.1, 0.15) is 11.4 Å². The molecule has 7 heteroatoms. The summed E-state index contributed by atoms with van der Waals surface area (Å²) in [7, 11) is 0. The highest BCUT2D eigenvalue weighted by atomic mass is 79.9. The maximum atomic E-state index is 13.1. The average molecular weight is 364 g/mol. The summed E-state index contributed by atoms with van der Waals surface area (Å²) in [5.41, 5.74) is -2.23. The van der Waals surface area contributed by atoms with Gasteiger partial charge in [-0.05, 0) is 12.1 Å². The monoisotopic (exact) mass is 362 g/mol. The summed E-state index contributed by atoms with van der Waals surface area (Å²) in [4.78, 5) is 11.3. The third kappa shape index (κ3) is 2.63. The lowest BCUT2D eigenvalue weighted by Crippen LogP contribution is -2.17. The first-order valence-corrected chi connectivity index (χ1v) is 5.85. The van der Waals surface area contributed by atoms with Crippen molar-refractivity contribution >= 4 is 37.6 Å². The molecule has 0 amide bonds. The number of ketones is 1. The van der Waals surface area contributed by atoms with E-state index in [-0.39, 0.29) is 9.80 Å². The molecule has 88 valence electrons. The second-order valence-electron chi connectivity index (χ2n) is 2.83. The highest BCUT2D eigenvalue weighted by Crippen LogP contribution is 2.37. The Hall–Kier alpha value is -0.430. The Labute approximate surface area is 105 Å². The van der Waals surface area contributed by atoms with Crippen LogP contribution < -0.4 is 0 Å². The Morgan fingerprint density at radius 3 is 2.31 bits per heavy atom. The van der Waals surface area contributed by atoms with Crippen LogP contribution in [0.2, 0.25) is 0 Å². The zero-order chi connectivity index (χ0) is 12.5. The minimum Gasteiger partial charge on any atom is -0.293 e. The largest absolute Gasteiger partial charge is 0.419 e. The molecule has 0 aliphatic carbocycles. The molecule has 0 saturated heterocycles. The van der Waals surface area contributed by atoms with E-state index in [4.69, 9.17) is 0 Å². The van der Waals surface area contributed by atoms with E-state index in [0.717, 1.165) is 6.07 Å². The van der Waals surface area contributed by atoms with Crippen molar-refractivity contribution in [1.82, 2.24) is 0 Å². The number of carbonyl (C=O) groups is 1. The fourth-order valence-corrected chi connectivity index (χ4v) is 2.00. The molecule has 0 spiro atoms. The lowest BCUT2D eigenvalue weighted by molar-refractivity contribution is -0.140. The van der Waals surface area contributed by atoms with E-state index in [1.54, 1.807) is 0 Å². The predicted octanol–water partition coefficient (Wildman–Crippen LogP) is 4.18. The van der Waals surface area contributed by atoms with Crippen molar-refractivity contribution in [3.63, 3.8) is 0 Å². The first-order chi connectivity index (χ1) is 7.29. The Kier molecular flexibility index (Phi) is 4.12. The molecule has 0 heterocycles. The lowest BCUT2D eigenvalue weighted by Gasteiger charge is -2.13. The lowest BCUT2D eigenvalue weighted by atomic mass is 10.0. The van der Waals surface area contributed by atoms with Gasteiger partial charge >= 0.3 is 6.18 Å².